The third-order valence-electron chi connectivity index (χ3n) is 3.50. The zero-order chi connectivity index (χ0) is 18.1. The van der Waals surface area contributed by atoms with Gasteiger partial charge in [-0.15, -0.1) is 24.0 Å². The molecule has 0 amide bonds. The number of halogens is 3. The number of pyridine rings is 1. The van der Waals surface area contributed by atoms with Gasteiger partial charge in [0.2, 0.25) is 0 Å². The zero-order valence-corrected chi connectivity index (χ0v) is 18.6. The number of aliphatic imine (C=N–C) groups is 1. The lowest BCUT2D eigenvalue weighted by molar-refractivity contribution is 0.410. The van der Waals surface area contributed by atoms with E-state index < -0.39 is 0 Å². The van der Waals surface area contributed by atoms with Gasteiger partial charge >= 0.3 is 0 Å². The minimum Gasteiger partial charge on any atom is -0.496 e. The smallest absolute Gasteiger partial charge is 0.191 e. The molecule has 1 heterocycles. The first-order valence-electron chi connectivity index (χ1n) is 8.07. The topological polar surface area (TPSA) is 58.5 Å². The molecule has 0 aliphatic rings. The van der Waals surface area contributed by atoms with E-state index in [0.29, 0.717) is 16.7 Å². The molecule has 0 atom stereocenters. The zero-order valence-electron chi connectivity index (χ0n) is 14.8. The minimum absolute atomic E-state index is 0. The summed E-state index contributed by atoms with van der Waals surface area (Å²) in [5.74, 6) is 1.49. The largest absolute Gasteiger partial charge is 0.496 e. The minimum atomic E-state index is 0. The van der Waals surface area contributed by atoms with E-state index in [9.17, 15) is 0 Å². The monoisotopic (exact) mass is 508 g/mol. The van der Waals surface area contributed by atoms with Crippen LogP contribution in [0, 0.1) is 0 Å². The molecule has 2 rings (SSSR count). The van der Waals surface area contributed by atoms with Crippen LogP contribution in [0.25, 0.3) is 0 Å². The lowest BCUT2D eigenvalue weighted by Gasteiger charge is -2.12. The average molecular weight is 509 g/mol. The third-order valence-corrected chi connectivity index (χ3v) is 3.95. The highest BCUT2D eigenvalue weighted by atomic mass is 127. The van der Waals surface area contributed by atoms with Crippen LogP contribution in [0.2, 0.25) is 10.2 Å². The number of methoxy groups -OCH3 is 1. The van der Waals surface area contributed by atoms with Gasteiger partial charge in [0.25, 0.3) is 0 Å². The molecule has 1 aromatic carbocycles. The van der Waals surface area contributed by atoms with E-state index in [1.54, 1.807) is 25.4 Å². The maximum atomic E-state index is 5.99. The molecule has 0 radical (unpaired) electrons. The van der Waals surface area contributed by atoms with Crippen molar-refractivity contribution in [3.63, 3.8) is 0 Å². The average Bonchev–Trinajstić information content (AvgIpc) is 2.62. The molecule has 26 heavy (non-hydrogen) atoms. The quantitative estimate of drug-likeness (QED) is 0.253. The maximum Gasteiger partial charge on any atom is 0.191 e. The Labute approximate surface area is 181 Å². The molecule has 0 unspecified atom stereocenters. The van der Waals surface area contributed by atoms with E-state index in [-0.39, 0.29) is 24.0 Å². The Kier molecular flexibility index (Phi) is 10.7. The van der Waals surface area contributed by atoms with Crippen molar-refractivity contribution in [1.82, 2.24) is 15.6 Å². The normalized spacial score (nSPS) is 10.8. The van der Waals surface area contributed by atoms with Gasteiger partial charge in [-0.3, -0.25) is 0 Å². The van der Waals surface area contributed by atoms with Crippen LogP contribution in [-0.4, -0.2) is 31.1 Å². The lowest BCUT2D eigenvalue weighted by atomic mass is 10.2. The molecular weight excluding hydrogens is 486 g/mol. The fourth-order valence-corrected chi connectivity index (χ4v) is 2.51. The summed E-state index contributed by atoms with van der Waals surface area (Å²) < 4.78 is 5.35. The predicted octanol–water partition coefficient (Wildman–Crippen LogP) is 4.31. The summed E-state index contributed by atoms with van der Waals surface area (Å²) in [6.45, 7) is 4.06. The summed E-state index contributed by atoms with van der Waals surface area (Å²) in [6.07, 6.45) is 2.62. The second-order valence-corrected chi connectivity index (χ2v) is 6.14. The van der Waals surface area contributed by atoms with Gasteiger partial charge in [0.05, 0.1) is 13.7 Å². The van der Waals surface area contributed by atoms with E-state index in [4.69, 9.17) is 27.9 Å². The molecule has 5 nitrogen and oxygen atoms in total. The lowest BCUT2D eigenvalue weighted by Crippen LogP contribution is -2.38. The fraction of sp³-hybridized carbons (Fsp3) is 0.333. The van der Waals surface area contributed by atoms with Gasteiger partial charge in [-0.2, -0.15) is 0 Å². The SMILES string of the molecule is CCNC(=NCc1ccc(Cl)cc1OC)NCCc1ccc(Cl)nc1.I. The van der Waals surface area contributed by atoms with Gasteiger partial charge in [0.1, 0.15) is 10.9 Å². The summed E-state index contributed by atoms with van der Waals surface area (Å²) in [6, 6.07) is 9.32. The molecule has 8 heteroatoms. The van der Waals surface area contributed by atoms with Crippen LogP contribution in [0.4, 0.5) is 0 Å². The number of hydrogen-bond donors (Lipinski definition) is 2. The van der Waals surface area contributed by atoms with Crippen molar-refractivity contribution in [2.75, 3.05) is 20.2 Å². The van der Waals surface area contributed by atoms with Crippen molar-refractivity contribution in [2.24, 2.45) is 4.99 Å². The van der Waals surface area contributed by atoms with Gasteiger partial charge in [-0.25, -0.2) is 9.98 Å². The molecule has 2 aromatic rings. The standard InChI is InChI=1S/C18H22Cl2N4O.HI/c1-3-21-18(22-9-8-13-4-7-17(20)23-11-13)24-12-14-5-6-15(19)10-16(14)25-2;/h4-7,10-11H,3,8-9,12H2,1-2H3,(H2,21,22,24);1H. The van der Waals surface area contributed by atoms with Gasteiger partial charge in [-0.05, 0) is 37.1 Å². The van der Waals surface area contributed by atoms with Crippen LogP contribution in [0.1, 0.15) is 18.1 Å². The first kappa shape index (κ1) is 22.8. The molecule has 142 valence electrons. The van der Waals surface area contributed by atoms with Gasteiger partial charge < -0.3 is 15.4 Å². The van der Waals surface area contributed by atoms with E-state index >= 15 is 0 Å². The summed E-state index contributed by atoms with van der Waals surface area (Å²) in [7, 11) is 1.63. The summed E-state index contributed by atoms with van der Waals surface area (Å²) in [5.41, 5.74) is 2.10. The Morgan fingerprint density at radius 2 is 2.00 bits per heavy atom. The van der Waals surface area contributed by atoms with Crippen molar-refractivity contribution in [2.45, 2.75) is 19.9 Å². The fourth-order valence-electron chi connectivity index (χ4n) is 2.23. The first-order valence-corrected chi connectivity index (χ1v) is 8.83. The maximum absolute atomic E-state index is 5.99. The van der Waals surface area contributed by atoms with Crippen molar-refractivity contribution < 1.29 is 4.74 Å². The Morgan fingerprint density at radius 1 is 1.19 bits per heavy atom. The molecular formula is C18H23Cl2IN4O. The Hall–Kier alpha value is -1.25. The van der Waals surface area contributed by atoms with Crippen molar-refractivity contribution in [3.8, 4) is 5.75 Å². The molecule has 0 aliphatic carbocycles. The number of ether oxygens (including phenoxy) is 1. The number of guanidine groups is 1. The second-order valence-electron chi connectivity index (χ2n) is 5.32. The van der Waals surface area contributed by atoms with Crippen LogP contribution in [0.15, 0.2) is 41.5 Å². The predicted molar refractivity (Wildman–Crippen MR) is 119 cm³/mol. The number of rotatable bonds is 7. The van der Waals surface area contributed by atoms with Crippen LogP contribution in [0.5, 0.6) is 5.75 Å². The molecule has 0 spiro atoms. The number of hydrogen-bond acceptors (Lipinski definition) is 3. The number of aromatic nitrogens is 1. The van der Waals surface area contributed by atoms with Crippen LogP contribution in [0.3, 0.4) is 0 Å². The molecule has 0 bridgehead atoms. The highest BCUT2D eigenvalue weighted by Crippen LogP contribution is 2.23. The summed E-state index contributed by atoms with van der Waals surface area (Å²) in [4.78, 5) is 8.68. The number of benzene rings is 1. The van der Waals surface area contributed by atoms with E-state index in [1.807, 2.05) is 25.1 Å². The highest BCUT2D eigenvalue weighted by molar-refractivity contribution is 14.0. The van der Waals surface area contributed by atoms with Gasteiger partial charge in [-0.1, -0.05) is 35.3 Å². The number of nitrogens with zero attached hydrogens (tertiary/aromatic N) is 2. The molecule has 2 N–H and O–H groups in total. The molecule has 0 fully saturated rings. The molecule has 0 saturated heterocycles. The molecule has 0 saturated carbocycles. The van der Waals surface area contributed by atoms with Crippen LogP contribution >= 0.6 is 47.2 Å². The second kappa shape index (κ2) is 12.2. The van der Waals surface area contributed by atoms with Gasteiger partial charge in [0.15, 0.2) is 5.96 Å². The Balaban J connectivity index is 0.00000338. The van der Waals surface area contributed by atoms with Crippen molar-refractivity contribution in [3.05, 3.63) is 57.8 Å². The van der Waals surface area contributed by atoms with E-state index in [1.165, 1.54) is 0 Å². The highest BCUT2D eigenvalue weighted by Gasteiger charge is 2.04. The third kappa shape index (κ3) is 7.55. The van der Waals surface area contributed by atoms with E-state index in [0.717, 1.165) is 42.3 Å². The van der Waals surface area contributed by atoms with Crippen molar-refractivity contribution >= 4 is 53.1 Å². The Bertz CT molecular complexity index is 711. The van der Waals surface area contributed by atoms with Crippen molar-refractivity contribution in [1.29, 1.82) is 0 Å². The van der Waals surface area contributed by atoms with E-state index in [2.05, 4.69) is 20.6 Å². The van der Waals surface area contributed by atoms with Crippen LogP contribution in [-0.2, 0) is 13.0 Å². The molecule has 1 aromatic heterocycles. The Morgan fingerprint density at radius 3 is 2.65 bits per heavy atom. The summed E-state index contributed by atoms with van der Waals surface area (Å²) >= 11 is 11.8. The summed E-state index contributed by atoms with van der Waals surface area (Å²) in [5, 5.41) is 7.69. The van der Waals surface area contributed by atoms with Crippen LogP contribution < -0.4 is 15.4 Å². The van der Waals surface area contributed by atoms with Gasteiger partial charge in [0, 0.05) is 29.9 Å². The molecule has 0 aliphatic heterocycles. The number of nitrogens with one attached hydrogen (secondary N) is 2. The first-order chi connectivity index (χ1) is 12.1.